The quantitative estimate of drug-likeness (QED) is 0.488. The van der Waals surface area contributed by atoms with Crippen LogP contribution in [0.25, 0.3) is 0 Å². The van der Waals surface area contributed by atoms with Crippen LogP contribution in [0.4, 0.5) is 19.6 Å². The van der Waals surface area contributed by atoms with E-state index in [-0.39, 0.29) is 22.7 Å². The van der Waals surface area contributed by atoms with Gasteiger partial charge in [-0.25, -0.2) is 8.78 Å². The van der Waals surface area contributed by atoms with Crippen LogP contribution in [0.1, 0.15) is 17.3 Å². The van der Waals surface area contributed by atoms with Crippen molar-refractivity contribution in [3.05, 3.63) is 65.7 Å². The molecule has 1 N–H and O–H groups in total. The number of benzene rings is 2. The first-order valence-corrected chi connectivity index (χ1v) is 9.03. The van der Waals surface area contributed by atoms with Crippen LogP contribution in [0.2, 0.25) is 0 Å². The standard InChI is InChI=1S/C17H13F2N3OS2/c1-10(15(23)11-5-7-12(18)8-6-11)24-17-22-21-16(25-17)20-14-4-2-3-13(19)9-14/h2-10H,1H3,(H,20,21)/t10-/m0/s1. The third-order valence-electron chi connectivity index (χ3n) is 3.26. The fourth-order valence-corrected chi connectivity index (χ4v) is 4.04. The predicted octanol–water partition coefficient (Wildman–Crippen LogP) is 4.92. The largest absolute Gasteiger partial charge is 0.330 e. The molecule has 4 nitrogen and oxygen atoms in total. The minimum atomic E-state index is -0.388. The molecular formula is C17H13F2N3OS2. The van der Waals surface area contributed by atoms with Crippen LogP contribution in [-0.4, -0.2) is 21.2 Å². The summed E-state index contributed by atoms with van der Waals surface area (Å²) in [4.78, 5) is 12.4. The number of anilines is 2. The molecule has 0 aliphatic rings. The molecule has 0 aliphatic carbocycles. The molecule has 0 saturated carbocycles. The van der Waals surface area contributed by atoms with Crippen LogP contribution in [-0.2, 0) is 0 Å². The highest BCUT2D eigenvalue weighted by atomic mass is 32.2. The Kier molecular flexibility index (Phi) is 5.40. The van der Waals surface area contributed by atoms with E-state index in [2.05, 4.69) is 15.5 Å². The maximum absolute atomic E-state index is 13.2. The zero-order valence-electron chi connectivity index (χ0n) is 13.1. The monoisotopic (exact) mass is 377 g/mol. The predicted molar refractivity (Wildman–Crippen MR) is 95.6 cm³/mol. The lowest BCUT2D eigenvalue weighted by atomic mass is 10.1. The molecule has 8 heteroatoms. The van der Waals surface area contributed by atoms with Gasteiger partial charge in [-0.3, -0.25) is 4.79 Å². The molecule has 25 heavy (non-hydrogen) atoms. The van der Waals surface area contributed by atoms with Gasteiger partial charge in [-0.15, -0.1) is 10.2 Å². The first-order chi connectivity index (χ1) is 12.0. The lowest BCUT2D eigenvalue weighted by molar-refractivity contribution is 0.0994. The lowest BCUT2D eigenvalue weighted by Crippen LogP contribution is -2.13. The number of halogens is 2. The number of carbonyl (C=O) groups excluding carboxylic acids is 1. The van der Waals surface area contributed by atoms with Gasteiger partial charge in [0.2, 0.25) is 5.13 Å². The van der Waals surface area contributed by atoms with Gasteiger partial charge in [0.25, 0.3) is 0 Å². The molecule has 0 radical (unpaired) electrons. The van der Waals surface area contributed by atoms with E-state index in [1.54, 1.807) is 19.1 Å². The molecule has 0 aliphatic heterocycles. The van der Waals surface area contributed by atoms with Crippen molar-refractivity contribution < 1.29 is 13.6 Å². The SMILES string of the molecule is C[C@H](Sc1nnc(Nc2cccc(F)c2)s1)C(=O)c1ccc(F)cc1. The minimum absolute atomic E-state index is 0.111. The van der Waals surface area contributed by atoms with Gasteiger partial charge >= 0.3 is 0 Å². The molecule has 1 heterocycles. The average molecular weight is 377 g/mol. The number of ketones is 1. The van der Waals surface area contributed by atoms with Crippen LogP contribution in [0.5, 0.6) is 0 Å². The topological polar surface area (TPSA) is 54.9 Å². The van der Waals surface area contributed by atoms with E-state index in [0.29, 0.717) is 20.7 Å². The maximum atomic E-state index is 13.2. The molecule has 0 fully saturated rings. The number of aromatic nitrogens is 2. The molecule has 3 aromatic rings. The number of nitrogens with zero attached hydrogens (tertiary/aromatic N) is 2. The normalized spacial score (nSPS) is 12.0. The summed E-state index contributed by atoms with van der Waals surface area (Å²) >= 11 is 2.54. The second-order valence-corrected chi connectivity index (χ2v) is 7.71. The van der Waals surface area contributed by atoms with Gasteiger partial charge in [0.15, 0.2) is 10.1 Å². The van der Waals surface area contributed by atoms with Crippen molar-refractivity contribution in [3.8, 4) is 0 Å². The van der Waals surface area contributed by atoms with Crippen LogP contribution in [0, 0.1) is 11.6 Å². The Hall–Kier alpha value is -2.32. The first kappa shape index (κ1) is 17.5. The Balaban J connectivity index is 1.64. The zero-order valence-corrected chi connectivity index (χ0v) is 14.7. The van der Waals surface area contributed by atoms with Gasteiger partial charge in [0.1, 0.15) is 11.6 Å². The number of nitrogens with one attached hydrogen (secondary N) is 1. The summed E-state index contributed by atoms with van der Waals surface area (Å²) in [5.74, 6) is -0.837. The Morgan fingerprint density at radius 2 is 1.88 bits per heavy atom. The Bertz CT molecular complexity index is 884. The highest BCUT2D eigenvalue weighted by molar-refractivity contribution is 8.02. The van der Waals surface area contributed by atoms with Crippen LogP contribution in [0.15, 0.2) is 52.9 Å². The maximum Gasteiger partial charge on any atom is 0.210 e. The van der Waals surface area contributed by atoms with Crippen molar-refractivity contribution in [3.63, 3.8) is 0 Å². The molecular weight excluding hydrogens is 364 g/mol. The molecule has 0 spiro atoms. The molecule has 0 unspecified atom stereocenters. The number of hydrogen-bond acceptors (Lipinski definition) is 6. The fraction of sp³-hybridized carbons (Fsp3) is 0.118. The average Bonchev–Trinajstić information content (AvgIpc) is 3.01. The van der Waals surface area contributed by atoms with Crippen LogP contribution in [0.3, 0.4) is 0 Å². The van der Waals surface area contributed by atoms with Crippen LogP contribution < -0.4 is 5.32 Å². The van der Waals surface area contributed by atoms with Gasteiger partial charge in [-0.05, 0) is 49.4 Å². The molecule has 0 bridgehead atoms. The second-order valence-electron chi connectivity index (χ2n) is 5.14. The third-order valence-corrected chi connectivity index (χ3v) is 5.28. The number of carbonyl (C=O) groups is 1. The van der Waals surface area contributed by atoms with Gasteiger partial charge in [-0.1, -0.05) is 29.2 Å². The molecule has 0 saturated heterocycles. The van der Waals surface area contributed by atoms with Gasteiger partial charge < -0.3 is 5.32 Å². The van der Waals surface area contributed by atoms with Crippen molar-refractivity contribution in [2.24, 2.45) is 0 Å². The van der Waals surface area contributed by atoms with E-state index < -0.39 is 0 Å². The molecule has 0 amide bonds. The number of thioether (sulfide) groups is 1. The number of Topliss-reactive ketones (excluding diaryl/α,β-unsaturated/α-hetero) is 1. The fourth-order valence-electron chi connectivity index (χ4n) is 2.05. The van der Waals surface area contributed by atoms with Crippen molar-refractivity contribution in [2.45, 2.75) is 16.5 Å². The van der Waals surface area contributed by atoms with E-state index >= 15 is 0 Å². The van der Waals surface area contributed by atoms with Crippen LogP contribution >= 0.6 is 23.1 Å². The molecule has 3 rings (SSSR count). The summed E-state index contributed by atoms with van der Waals surface area (Å²) < 4.78 is 26.7. The van der Waals surface area contributed by atoms with Gasteiger partial charge in [-0.2, -0.15) is 0 Å². The molecule has 1 aromatic heterocycles. The summed E-state index contributed by atoms with van der Waals surface area (Å²) in [7, 11) is 0. The second kappa shape index (κ2) is 7.71. The molecule has 2 aromatic carbocycles. The highest BCUT2D eigenvalue weighted by Gasteiger charge is 2.19. The minimum Gasteiger partial charge on any atom is -0.330 e. The molecule has 1 atom stereocenters. The van der Waals surface area contributed by atoms with Gasteiger partial charge in [0.05, 0.1) is 5.25 Å². The highest BCUT2D eigenvalue weighted by Crippen LogP contribution is 2.31. The van der Waals surface area contributed by atoms with Crippen molar-refractivity contribution in [2.75, 3.05) is 5.32 Å². The van der Waals surface area contributed by atoms with Gasteiger partial charge in [0, 0.05) is 11.3 Å². The Morgan fingerprint density at radius 1 is 1.12 bits per heavy atom. The summed E-state index contributed by atoms with van der Waals surface area (Å²) in [5, 5.41) is 11.1. The van der Waals surface area contributed by atoms with Crippen molar-refractivity contribution in [1.29, 1.82) is 0 Å². The van der Waals surface area contributed by atoms with E-state index in [4.69, 9.17) is 0 Å². The van der Waals surface area contributed by atoms with E-state index in [0.717, 1.165) is 0 Å². The summed E-state index contributed by atoms with van der Waals surface area (Å²) in [5.41, 5.74) is 1.02. The van der Waals surface area contributed by atoms with E-state index in [1.165, 1.54) is 59.5 Å². The Morgan fingerprint density at radius 3 is 2.60 bits per heavy atom. The summed E-state index contributed by atoms with van der Waals surface area (Å²) in [6.45, 7) is 1.76. The van der Waals surface area contributed by atoms with Crippen molar-refractivity contribution in [1.82, 2.24) is 10.2 Å². The van der Waals surface area contributed by atoms with Crippen molar-refractivity contribution >= 4 is 39.7 Å². The number of hydrogen-bond donors (Lipinski definition) is 1. The Labute approximate surface area is 151 Å². The van der Waals surface area contributed by atoms with E-state index in [1.807, 2.05) is 0 Å². The molecule has 128 valence electrons. The third kappa shape index (κ3) is 4.61. The lowest BCUT2D eigenvalue weighted by Gasteiger charge is -2.07. The number of rotatable bonds is 6. The van der Waals surface area contributed by atoms with E-state index in [9.17, 15) is 13.6 Å². The summed E-state index contributed by atoms with van der Waals surface area (Å²) in [6.07, 6.45) is 0. The smallest absolute Gasteiger partial charge is 0.210 e. The first-order valence-electron chi connectivity index (χ1n) is 7.34. The summed E-state index contributed by atoms with van der Waals surface area (Å²) in [6, 6.07) is 11.5. The zero-order chi connectivity index (χ0) is 17.8.